The Balaban J connectivity index is 1.61. The first-order valence-corrected chi connectivity index (χ1v) is 7.35. The standard InChI is InChI=1S/C18H19NO2/c20-18(21)16-7-3-4-13(10-16)12-19-17-9-8-14-5-1-2-6-15(14)11-17/h1-7,10,17,19H,8-9,11-12H2,(H,20,21). The quantitative estimate of drug-likeness (QED) is 0.905. The Bertz CT molecular complexity index is 651. The number of rotatable bonds is 4. The van der Waals surface area contributed by atoms with Gasteiger partial charge in [0.05, 0.1) is 5.56 Å². The van der Waals surface area contributed by atoms with Gasteiger partial charge in [-0.15, -0.1) is 0 Å². The van der Waals surface area contributed by atoms with E-state index in [4.69, 9.17) is 5.11 Å². The van der Waals surface area contributed by atoms with Crippen LogP contribution in [0.1, 0.15) is 33.5 Å². The van der Waals surface area contributed by atoms with Crippen molar-refractivity contribution < 1.29 is 9.90 Å². The van der Waals surface area contributed by atoms with Gasteiger partial charge in [-0.25, -0.2) is 4.79 Å². The van der Waals surface area contributed by atoms with Gasteiger partial charge in [0.2, 0.25) is 0 Å². The zero-order chi connectivity index (χ0) is 14.7. The maximum absolute atomic E-state index is 11.0. The van der Waals surface area contributed by atoms with Crippen LogP contribution in [0.3, 0.4) is 0 Å². The fourth-order valence-corrected chi connectivity index (χ4v) is 2.95. The van der Waals surface area contributed by atoms with Crippen LogP contribution < -0.4 is 5.32 Å². The van der Waals surface area contributed by atoms with Crippen LogP contribution in [0.4, 0.5) is 0 Å². The van der Waals surface area contributed by atoms with E-state index in [0.717, 1.165) is 24.8 Å². The second kappa shape index (κ2) is 6.10. The molecule has 0 aliphatic heterocycles. The molecule has 0 heterocycles. The molecule has 0 saturated carbocycles. The molecule has 1 aliphatic carbocycles. The molecule has 21 heavy (non-hydrogen) atoms. The summed E-state index contributed by atoms with van der Waals surface area (Å²) in [5, 5.41) is 12.6. The zero-order valence-electron chi connectivity index (χ0n) is 11.9. The van der Waals surface area contributed by atoms with E-state index < -0.39 is 5.97 Å². The minimum Gasteiger partial charge on any atom is -0.478 e. The summed E-state index contributed by atoms with van der Waals surface area (Å²) in [6.45, 7) is 0.716. The largest absolute Gasteiger partial charge is 0.478 e. The number of aromatic carboxylic acids is 1. The van der Waals surface area contributed by atoms with Crippen molar-refractivity contribution in [2.24, 2.45) is 0 Å². The fraction of sp³-hybridized carbons (Fsp3) is 0.278. The third kappa shape index (κ3) is 3.31. The third-order valence-corrected chi connectivity index (χ3v) is 4.12. The van der Waals surface area contributed by atoms with Gasteiger partial charge in [0.25, 0.3) is 0 Å². The zero-order valence-corrected chi connectivity index (χ0v) is 11.9. The Kier molecular flexibility index (Phi) is 4.02. The van der Waals surface area contributed by atoms with Crippen molar-refractivity contribution in [3.05, 3.63) is 70.8 Å². The molecule has 108 valence electrons. The van der Waals surface area contributed by atoms with Crippen LogP contribution in [-0.4, -0.2) is 17.1 Å². The normalized spacial score (nSPS) is 17.2. The van der Waals surface area contributed by atoms with E-state index in [2.05, 4.69) is 29.6 Å². The third-order valence-electron chi connectivity index (χ3n) is 4.12. The molecule has 0 radical (unpaired) electrons. The smallest absolute Gasteiger partial charge is 0.335 e. The highest BCUT2D eigenvalue weighted by molar-refractivity contribution is 5.87. The van der Waals surface area contributed by atoms with E-state index in [1.807, 2.05) is 6.07 Å². The molecule has 1 atom stereocenters. The highest BCUT2D eigenvalue weighted by Gasteiger charge is 2.17. The lowest BCUT2D eigenvalue weighted by Gasteiger charge is -2.25. The molecule has 1 unspecified atom stereocenters. The molecular weight excluding hydrogens is 262 g/mol. The summed E-state index contributed by atoms with van der Waals surface area (Å²) in [6, 6.07) is 16.2. The SMILES string of the molecule is O=C(O)c1cccc(CNC2CCc3ccccc3C2)c1. The van der Waals surface area contributed by atoms with Crippen molar-refractivity contribution in [1.29, 1.82) is 0 Å². The molecule has 0 fully saturated rings. The topological polar surface area (TPSA) is 49.3 Å². The molecule has 3 heteroatoms. The van der Waals surface area contributed by atoms with Gasteiger partial charge in [-0.3, -0.25) is 0 Å². The molecule has 1 aliphatic rings. The van der Waals surface area contributed by atoms with E-state index >= 15 is 0 Å². The summed E-state index contributed by atoms with van der Waals surface area (Å²) in [6.07, 6.45) is 3.30. The molecule has 0 aromatic heterocycles. The lowest BCUT2D eigenvalue weighted by Crippen LogP contribution is -2.34. The van der Waals surface area contributed by atoms with Crippen LogP contribution in [0.2, 0.25) is 0 Å². The van der Waals surface area contributed by atoms with Gasteiger partial charge >= 0.3 is 5.97 Å². The predicted octanol–water partition coefficient (Wildman–Crippen LogP) is 3.03. The van der Waals surface area contributed by atoms with Crippen LogP contribution >= 0.6 is 0 Å². The summed E-state index contributed by atoms with van der Waals surface area (Å²) >= 11 is 0. The minimum absolute atomic E-state index is 0.350. The van der Waals surface area contributed by atoms with E-state index in [1.54, 1.807) is 18.2 Å². The highest BCUT2D eigenvalue weighted by atomic mass is 16.4. The Labute approximate surface area is 124 Å². The number of aryl methyl sites for hydroxylation is 1. The van der Waals surface area contributed by atoms with Crippen molar-refractivity contribution in [2.75, 3.05) is 0 Å². The summed E-state index contributed by atoms with van der Waals surface area (Å²) in [7, 11) is 0. The second-order valence-corrected chi connectivity index (χ2v) is 5.59. The molecule has 0 saturated heterocycles. The maximum atomic E-state index is 11.0. The number of benzene rings is 2. The molecule has 3 rings (SSSR count). The summed E-state index contributed by atoms with van der Waals surface area (Å²) < 4.78 is 0. The van der Waals surface area contributed by atoms with Gasteiger partial charge < -0.3 is 10.4 Å². The lowest BCUT2D eigenvalue weighted by molar-refractivity contribution is 0.0696. The summed E-state index contributed by atoms with van der Waals surface area (Å²) in [5.74, 6) is -0.872. The molecule has 2 N–H and O–H groups in total. The highest BCUT2D eigenvalue weighted by Crippen LogP contribution is 2.21. The van der Waals surface area contributed by atoms with Crippen LogP contribution in [0.25, 0.3) is 0 Å². The van der Waals surface area contributed by atoms with Crippen LogP contribution in [0.15, 0.2) is 48.5 Å². The van der Waals surface area contributed by atoms with Gasteiger partial charge in [0, 0.05) is 12.6 Å². The molecular formula is C18H19NO2. The Hall–Kier alpha value is -2.13. The fourth-order valence-electron chi connectivity index (χ4n) is 2.95. The summed E-state index contributed by atoms with van der Waals surface area (Å²) in [4.78, 5) is 11.0. The van der Waals surface area contributed by atoms with Crippen molar-refractivity contribution in [3.63, 3.8) is 0 Å². The van der Waals surface area contributed by atoms with Gasteiger partial charge in [-0.1, -0.05) is 36.4 Å². The van der Waals surface area contributed by atoms with Crippen LogP contribution in [0.5, 0.6) is 0 Å². The molecule has 0 amide bonds. The number of fused-ring (bicyclic) bond motifs is 1. The van der Waals surface area contributed by atoms with Gasteiger partial charge in [0.15, 0.2) is 0 Å². The first kappa shape index (κ1) is 13.8. The average Bonchev–Trinajstić information content (AvgIpc) is 2.53. The van der Waals surface area contributed by atoms with Crippen molar-refractivity contribution in [1.82, 2.24) is 5.32 Å². The predicted molar refractivity (Wildman–Crippen MR) is 82.5 cm³/mol. The number of carboxylic acid groups (broad SMARTS) is 1. The number of hydrogen-bond donors (Lipinski definition) is 2. The van der Waals surface area contributed by atoms with Crippen LogP contribution in [-0.2, 0) is 19.4 Å². The molecule has 2 aromatic rings. The van der Waals surface area contributed by atoms with Crippen molar-refractivity contribution in [2.45, 2.75) is 31.8 Å². The Morgan fingerprint density at radius 3 is 2.76 bits per heavy atom. The molecule has 0 bridgehead atoms. The average molecular weight is 281 g/mol. The van der Waals surface area contributed by atoms with E-state index in [1.165, 1.54) is 11.1 Å². The molecule has 2 aromatic carbocycles. The van der Waals surface area contributed by atoms with E-state index in [9.17, 15) is 4.79 Å². The number of nitrogens with one attached hydrogen (secondary N) is 1. The van der Waals surface area contributed by atoms with Crippen LogP contribution in [0, 0.1) is 0 Å². The first-order chi connectivity index (χ1) is 10.2. The van der Waals surface area contributed by atoms with Crippen molar-refractivity contribution >= 4 is 5.97 Å². The molecule has 3 nitrogen and oxygen atoms in total. The monoisotopic (exact) mass is 281 g/mol. The Morgan fingerprint density at radius 1 is 1.14 bits per heavy atom. The number of carbonyl (C=O) groups is 1. The van der Waals surface area contributed by atoms with Gasteiger partial charge in [0.1, 0.15) is 0 Å². The Morgan fingerprint density at radius 2 is 1.95 bits per heavy atom. The number of carboxylic acids is 1. The summed E-state index contributed by atoms with van der Waals surface area (Å²) in [5.41, 5.74) is 4.26. The maximum Gasteiger partial charge on any atom is 0.335 e. The van der Waals surface area contributed by atoms with E-state index in [-0.39, 0.29) is 0 Å². The molecule has 0 spiro atoms. The van der Waals surface area contributed by atoms with Gasteiger partial charge in [-0.2, -0.15) is 0 Å². The van der Waals surface area contributed by atoms with E-state index in [0.29, 0.717) is 18.2 Å². The van der Waals surface area contributed by atoms with Crippen molar-refractivity contribution in [3.8, 4) is 0 Å². The minimum atomic E-state index is -0.872. The first-order valence-electron chi connectivity index (χ1n) is 7.35. The lowest BCUT2D eigenvalue weighted by atomic mass is 9.88. The second-order valence-electron chi connectivity index (χ2n) is 5.59. The number of hydrogen-bond acceptors (Lipinski definition) is 2. The van der Waals surface area contributed by atoms with Gasteiger partial charge in [-0.05, 0) is 48.1 Å².